The van der Waals surface area contributed by atoms with Crippen LogP contribution in [0.4, 0.5) is 8.78 Å². The maximum atomic E-state index is 13.1. The lowest BCUT2D eigenvalue weighted by Crippen LogP contribution is -2.41. The molecule has 0 atom stereocenters. The van der Waals surface area contributed by atoms with Gasteiger partial charge in [0.15, 0.2) is 11.6 Å². The zero-order valence-electron chi connectivity index (χ0n) is 9.89. The van der Waals surface area contributed by atoms with Crippen molar-refractivity contribution in [1.82, 2.24) is 5.32 Å². The second-order valence-electron chi connectivity index (χ2n) is 5.00. The molecular formula is C13H15F2NO. The first-order valence-electron chi connectivity index (χ1n) is 5.68. The van der Waals surface area contributed by atoms with Crippen LogP contribution in [-0.2, 0) is 10.2 Å². The van der Waals surface area contributed by atoms with Crippen LogP contribution in [-0.4, -0.2) is 11.9 Å². The van der Waals surface area contributed by atoms with E-state index in [9.17, 15) is 13.6 Å². The van der Waals surface area contributed by atoms with Gasteiger partial charge in [-0.3, -0.25) is 4.79 Å². The van der Waals surface area contributed by atoms with Gasteiger partial charge in [-0.05, 0) is 44.4 Å². The van der Waals surface area contributed by atoms with Crippen LogP contribution in [0.2, 0.25) is 0 Å². The second-order valence-corrected chi connectivity index (χ2v) is 5.00. The fourth-order valence-corrected chi connectivity index (χ4v) is 1.61. The highest BCUT2D eigenvalue weighted by molar-refractivity contribution is 5.87. The summed E-state index contributed by atoms with van der Waals surface area (Å²) >= 11 is 0. The molecule has 1 aromatic carbocycles. The molecule has 1 amide bonds. The predicted molar refractivity (Wildman–Crippen MR) is 60.5 cm³/mol. The molecule has 0 spiro atoms. The summed E-state index contributed by atoms with van der Waals surface area (Å²) in [6, 6.07) is 3.84. The van der Waals surface area contributed by atoms with E-state index in [4.69, 9.17) is 0 Å². The van der Waals surface area contributed by atoms with Crippen molar-refractivity contribution in [3.05, 3.63) is 35.4 Å². The summed E-state index contributed by atoms with van der Waals surface area (Å²) < 4.78 is 26.0. The standard InChI is InChI=1S/C13H15F2NO/c1-13(2,12(17)16-9-4-5-9)8-3-6-10(14)11(15)7-8/h3,6-7,9H,4-5H2,1-2H3,(H,16,17). The minimum atomic E-state index is -0.921. The summed E-state index contributed by atoms with van der Waals surface area (Å²) in [5.41, 5.74) is -0.369. The fourth-order valence-electron chi connectivity index (χ4n) is 1.61. The largest absolute Gasteiger partial charge is 0.353 e. The van der Waals surface area contributed by atoms with Crippen LogP contribution >= 0.6 is 0 Å². The van der Waals surface area contributed by atoms with Crippen LogP contribution in [0.15, 0.2) is 18.2 Å². The van der Waals surface area contributed by atoms with Crippen LogP contribution in [0.1, 0.15) is 32.3 Å². The molecule has 0 heterocycles. The average molecular weight is 239 g/mol. The first-order valence-corrected chi connectivity index (χ1v) is 5.68. The third-order valence-electron chi connectivity index (χ3n) is 3.12. The highest BCUT2D eigenvalue weighted by atomic mass is 19.2. The maximum absolute atomic E-state index is 13.1. The molecule has 1 aliphatic carbocycles. The lowest BCUT2D eigenvalue weighted by atomic mass is 9.83. The smallest absolute Gasteiger partial charge is 0.230 e. The minimum Gasteiger partial charge on any atom is -0.353 e. The minimum absolute atomic E-state index is 0.147. The second kappa shape index (κ2) is 4.09. The Hall–Kier alpha value is -1.45. The van der Waals surface area contributed by atoms with E-state index in [1.54, 1.807) is 13.8 Å². The van der Waals surface area contributed by atoms with Crippen LogP contribution < -0.4 is 5.32 Å². The van der Waals surface area contributed by atoms with E-state index in [1.807, 2.05) is 0 Å². The molecule has 1 aromatic rings. The number of carbonyl (C=O) groups excluding carboxylic acids is 1. The van der Waals surface area contributed by atoms with Crippen LogP contribution in [0, 0.1) is 11.6 Å². The first-order chi connectivity index (χ1) is 7.91. The van der Waals surface area contributed by atoms with Gasteiger partial charge in [0.25, 0.3) is 0 Å². The summed E-state index contributed by atoms with van der Waals surface area (Å²) in [6.45, 7) is 3.41. The maximum Gasteiger partial charge on any atom is 0.230 e. The van der Waals surface area contributed by atoms with E-state index in [-0.39, 0.29) is 11.9 Å². The zero-order valence-corrected chi connectivity index (χ0v) is 9.89. The summed E-state index contributed by atoms with van der Waals surface area (Å²) in [4.78, 5) is 12.0. The van der Waals surface area contributed by atoms with Gasteiger partial charge in [0, 0.05) is 6.04 Å². The SMILES string of the molecule is CC(C)(C(=O)NC1CC1)c1ccc(F)c(F)c1. The van der Waals surface area contributed by atoms with Gasteiger partial charge in [-0.15, -0.1) is 0 Å². The van der Waals surface area contributed by atoms with Gasteiger partial charge in [0.1, 0.15) is 0 Å². The van der Waals surface area contributed by atoms with Crippen molar-refractivity contribution in [2.75, 3.05) is 0 Å². The van der Waals surface area contributed by atoms with E-state index in [1.165, 1.54) is 6.07 Å². The Balaban J connectivity index is 2.22. The molecule has 0 aromatic heterocycles. The summed E-state index contributed by atoms with van der Waals surface area (Å²) in [6.07, 6.45) is 2.00. The Morgan fingerprint density at radius 3 is 2.47 bits per heavy atom. The zero-order chi connectivity index (χ0) is 12.6. The number of nitrogens with one attached hydrogen (secondary N) is 1. The van der Waals surface area contributed by atoms with Crippen LogP contribution in [0.3, 0.4) is 0 Å². The monoisotopic (exact) mass is 239 g/mol. The molecule has 1 aliphatic rings. The molecule has 0 aliphatic heterocycles. The number of hydrogen-bond donors (Lipinski definition) is 1. The van der Waals surface area contributed by atoms with E-state index in [2.05, 4.69) is 5.32 Å². The Kier molecular flexibility index (Phi) is 2.89. The number of hydrogen-bond acceptors (Lipinski definition) is 1. The fraction of sp³-hybridized carbons (Fsp3) is 0.462. The Bertz CT molecular complexity index is 453. The highest BCUT2D eigenvalue weighted by Crippen LogP contribution is 2.27. The molecule has 2 rings (SSSR count). The van der Waals surface area contributed by atoms with Crippen molar-refractivity contribution in [1.29, 1.82) is 0 Å². The quantitative estimate of drug-likeness (QED) is 0.862. The molecule has 92 valence electrons. The van der Waals surface area contributed by atoms with Gasteiger partial charge in [-0.2, -0.15) is 0 Å². The Morgan fingerprint density at radius 1 is 1.29 bits per heavy atom. The molecule has 17 heavy (non-hydrogen) atoms. The van der Waals surface area contributed by atoms with Crippen molar-refractivity contribution in [2.45, 2.75) is 38.1 Å². The number of halogens is 2. The lowest BCUT2D eigenvalue weighted by molar-refractivity contribution is -0.125. The van der Waals surface area contributed by atoms with Gasteiger partial charge in [-0.1, -0.05) is 6.07 Å². The molecule has 1 N–H and O–H groups in total. The summed E-state index contributed by atoms with van der Waals surface area (Å²) in [5.74, 6) is -1.96. The number of rotatable bonds is 3. The molecule has 0 radical (unpaired) electrons. The van der Waals surface area contributed by atoms with E-state index < -0.39 is 17.0 Å². The Labute approximate surface area is 99.0 Å². The van der Waals surface area contributed by atoms with Crippen molar-refractivity contribution in [2.24, 2.45) is 0 Å². The highest BCUT2D eigenvalue weighted by Gasteiger charge is 2.34. The summed E-state index contributed by atoms with van der Waals surface area (Å²) in [5, 5.41) is 2.87. The van der Waals surface area contributed by atoms with Gasteiger partial charge in [0.05, 0.1) is 5.41 Å². The lowest BCUT2D eigenvalue weighted by Gasteiger charge is -2.24. The molecule has 0 unspecified atom stereocenters. The summed E-state index contributed by atoms with van der Waals surface area (Å²) in [7, 11) is 0. The van der Waals surface area contributed by atoms with E-state index in [0.717, 1.165) is 25.0 Å². The van der Waals surface area contributed by atoms with Gasteiger partial charge < -0.3 is 5.32 Å². The molecule has 1 saturated carbocycles. The topological polar surface area (TPSA) is 29.1 Å². The molecule has 0 bridgehead atoms. The molecule has 2 nitrogen and oxygen atoms in total. The van der Waals surface area contributed by atoms with E-state index in [0.29, 0.717) is 5.56 Å². The molecule has 4 heteroatoms. The number of amides is 1. The third kappa shape index (κ3) is 2.46. The van der Waals surface area contributed by atoms with Crippen LogP contribution in [0.5, 0.6) is 0 Å². The number of benzene rings is 1. The first kappa shape index (κ1) is 12.0. The normalized spacial score (nSPS) is 15.8. The molecule has 1 fully saturated rings. The van der Waals surface area contributed by atoms with Crippen molar-refractivity contribution in [3.8, 4) is 0 Å². The van der Waals surface area contributed by atoms with Gasteiger partial charge >= 0.3 is 0 Å². The number of carbonyl (C=O) groups is 1. The van der Waals surface area contributed by atoms with Crippen molar-refractivity contribution in [3.63, 3.8) is 0 Å². The van der Waals surface area contributed by atoms with E-state index >= 15 is 0 Å². The van der Waals surface area contributed by atoms with Crippen molar-refractivity contribution >= 4 is 5.91 Å². The predicted octanol–water partition coefficient (Wildman–Crippen LogP) is 2.52. The van der Waals surface area contributed by atoms with Gasteiger partial charge in [-0.25, -0.2) is 8.78 Å². The van der Waals surface area contributed by atoms with Crippen molar-refractivity contribution < 1.29 is 13.6 Å². The van der Waals surface area contributed by atoms with Crippen LogP contribution in [0.25, 0.3) is 0 Å². The Morgan fingerprint density at radius 2 is 1.94 bits per heavy atom. The molecular weight excluding hydrogens is 224 g/mol. The van der Waals surface area contributed by atoms with Gasteiger partial charge in [0.2, 0.25) is 5.91 Å². The third-order valence-corrected chi connectivity index (χ3v) is 3.12. The molecule has 0 saturated heterocycles. The average Bonchev–Trinajstić information content (AvgIpc) is 3.05.